The van der Waals surface area contributed by atoms with Crippen LogP contribution in [0.25, 0.3) is 0 Å². The number of rotatable bonds is 13. The second-order valence-electron chi connectivity index (χ2n) is 8.08. The summed E-state index contributed by atoms with van der Waals surface area (Å²) in [6.07, 6.45) is 7.14. The molecule has 1 aromatic rings. The van der Waals surface area contributed by atoms with E-state index in [-0.39, 0.29) is 0 Å². The highest BCUT2D eigenvalue weighted by atomic mass is 16.5. The van der Waals surface area contributed by atoms with Crippen LogP contribution < -0.4 is 0 Å². The lowest BCUT2D eigenvalue weighted by molar-refractivity contribution is -0.0204. The van der Waals surface area contributed by atoms with Gasteiger partial charge in [0.1, 0.15) is 0 Å². The molecular formula is C22H38O2. The van der Waals surface area contributed by atoms with Crippen LogP contribution in [0.5, 0.6) is 0 Å². The van der Waals surface area contributed by atoms with Gasteiger partial charge in [0.2, 0.25) is 0 Å². The maximum Gasteiger partial charge on any atom is 0.0716 e. The van der Waals surface area contributed by atoms with Crippen LogP contribution in [0.15, 0.2) is 30.3 Å². The Morgan fingerprint density at radius 2 is 1.42 bits per heavy atom. The monoisotopic (exact) mass is 334 g/mol. The van der Waals surface area contributed by atoms with Crippen molar-refractivity contribution in [3.05, 3.63) is 35.9 Å². The predicted molar refractivity (Wildman–Crippen MR) is 103 cm³/mol. The van der Waals surface area contributed by atoms with Gasteiger partial charge in [-0.15, -0.1) is 0 Å². The molecule has 0 aliphatic rings. The normalized spacial score (nSPS) is 12.3. The van der Waals surface area contributed by atoms with Gasteiger partial charge in [-0.3, -0.25) is 0 Å². The smallest absolute Gasteiger partial charge is 0.0716 e. The zero-order valence-corrected chi connectivity index (χ0v) is 16.3. The summed E-state index contributed by atoms with van der Waals surface area (Å²) in [5.41, 5.74) is 0.640. The molecular weight excluding hydrogens is 296 g/mol. The summed E-state index contributed by atoms with van der Waals surface area (Å²) in [4.78, 5) is 0. The third-order valence-corrected chi connectivity index (χ3v) is 4.67. The summed E-state index contributed by atoms with van der Waals surface area (Å²) >= 11 is 0. The Morgan fingerprint density at radius 1 is 0.875 bits per heavy atom. The van der Waals surface area contributed by atoms with E-state index in [0.717, 1.165) is 32.1 Å². The van der Waals surface area contributed by atoms with Crippen molar-refractivity contribution in [2.75, 3.05) is 6.61 Å². The van der Waals surface area contributed by atoms with E-state index in [4.69, 9.17) is 4.74 Å². The molecule has 2 heteroatoms. The van der Waals surface area contributed by atoms with Gasteiger partial charge in [-0.05, 0) is 36.7 Å². The fraction of sp³-hybridized carbons (Fsp3) is 0.727. The van der Waals surface area contributed by atoms with E-state index in [1.807, 2.05) is 18.2 Å². The summed E-state index contributed by atoms with van der Waals surface area (Å²) in [5, 5.41) is 11.1. The lowest BCUT2D eigenvalue weighted by Gasteiger charge is -2.29. The predicted octanol–water partition coefficient (Wildman–Crippen LogP) is 5.98. The molecule has 0 fully saturated rings. The molecule has 1 aromatic carbocycles. The van der Waals surface area contributed by atoms with Crippen LogP contribution in [-0.4, -0.2) is 17.3 Å². The van der Waals surface area contributed by atoms with Crippen LogP contribution in [0, 0.1) is 11.8 Å². The summed E-state index contributed by atoms with van der Waals surface area (Å²) in [6.45, 7) is 10.3. The third kappa shape index (κ3) is 10.1. The molecule has 0 spiro atoms. The number of ether oxygens (including phenoxy) is 1. The van der Waals surface area contributed by atoms with Crippen LogP contribution in [0.1, 0.15) is 78.2 Å². The Morgan fingerprint density at radius 3 is 1.92 bits per heavy atom. The van der Waals surface area contributed by atoms with Gasteiger partial charge in [-0.25, -0.2) is 0 Å². The molecule has 0 saturated heterocycles. The molecule has 2 nitrogen and oxygen atoms in total. The highest BCUT2D eigenvalue weighted by molar-refractivity contribution is 5.13. The SMILES string of the molecule is CC(C)CCCC(O)(CCCC(C)C)CCOCc1ccccc1. The lowest BCUT2D eigenvalue weighted by Crippen LogP contribution is -2.30. The highest BCUT2D eigenvalue weighted by Gasteiger charge is 2.26. The van der Waals surface area contributed by atoms with Gasteiger partial charge in [0, 0.05) is 6.61 Å². The van der Waals surface area contributed by atoms with Crippen molar-refractivity contribution < 1.29 is 9.84 Å². The molecule has 0 radical (unpaired) electrons. The summed E-state index contributed by atoms with van der Waals surface area (Å²) in [5.74, 6) is 1.42. The first-order valence-electron chi connectivity index (χ1n) is 9.75. The van der Waals surface area contributed by atoms with E-state index < -0.39 is 5.60 Å². The molecule has 0 bridgehead atoms. The largest absolute Gasteiger partial charge is 0.390 e. The van der Waals surface area contributed by atoms with Gasteiger partial charge >= 0.3 is 0 Å². The van der Waals surface area contributed by atoms with Crippen molar-refractivity contribution in [3.8, 4) is 0 Å². The minimum Gasteiger partial charge on any atom is -0.390 e. The van der Waals surface area contributed by atoms with E-state index in [0.29, 0.717) is 25.0 Å². The molecule has 1 rings (SSSR count). The van der Waals surface area contributed by atoms with Gasteiger partial charge in [0.25, 0.3) is 0 Å². The molecule has 0 saturated carbocycles. The molecule has 1 N–H and O–H groups in total. The molecule has 0 amide bonds. The van der Waals surface area contributed by atoms with Crippen LogP contribution in [0.3, 0.4) is 0 Å². The van der Waals surface area contributed by atoms with E-state index in [9.17, 15) is 5.11 Å². The highest BCUT2D eigenvalue weighted by Crippen LogP contribution is 2.27. The Kier molecular flexibility index (Phi) is 10.3. The van der Waals surface area contributed by atoms with Crippen molar-refractivity contribution >= 4 is 0 Å². The maximum atomic E-state index is 11.1. The summed E-state index contributed by atoms with van der Waals surface area (Å²) < 4.78 is 5.81. The summed E-state index contributed by atoms with van der Waals surface area (Å²) in [7, 11) is 0. The molecule has 24 heavy (non-hydrogen) atoms. The Bertz CT molecular complexity index is 397. The first-order valence-corrected chi connectivity index (χ1v) is 9.75. The minimum absolute atomic E-state index is 0.555. The second-order valence-corrected chi connectivity index (χ2v) is 8.08. The van der Waals surface area contributed by atoms with Crippen molar-refractivity contribution in [2.24, 2.45) is 11.8 Å². The number of aliphatic hydroxyl groups is 1. The lowest BCUT2D eigenvalue weighted by atomic mass is 9.86. The molecule has 0 aromatic heterocycles. The molecule has 0 heterocycles. The van der Waals surface area contributed by atoms with Crippen molar-refractivity contribution in [2.45, 2.75) is 84.8 Å². The van der Waals surface area contributed by atoms with Crippen LogP contribution in [0.4, 0.5) is 0 Å². The zero-order chi connectivity index (χ0) is 17.8. The van der Waals surface area contributed by atoms with Crippen molar-refractivity contribution in [1.82, 2.24) is 0 Å². The second kappa shape index (κ2) is 11.7. The minimum atomic E-state index is -0.555. The topological polar surface area (TPSA) is 29.5 Å². The molecule has 0 atom stereocenters. The third-order valence-electron chi connectivity index (χ3n) is 4.67. The first kappa shape index (κ1) is 21.2. The number of hydrogen-bond acceptors (Lipinski definition) is 2. The number of benzene rings is 1. The average Bonchev–Trinajstić information content (AvgIpc) is 2.52. The molecule has 0 aliphatic carbocycles. The van der Waals surface area contributed by atoms with Gasteiger partial charge in [-0.1, -0.05) is 83.7 Å². The Labute approximate surface area is 149 Å². The molecule has 138 valence electrons. The summed E-state index contributed by atoms with van der Waals surface area (Å²) in [6, 6.07) is 10.3. The Balaban J connectivity index is 2.38. The fourth-order valence-corrected chi connectivity index (χ4v) is 3.08. The zero-order valence-electron chi connectivity index (χ0n) is 16.3. The van der Waals surface area contributed by atoms with Gasteiger partial charge < -0.3 is 9.84 Å². The van der Waals surface area contributed by atoms with Gasteiger partial charge in [0.15, 0.2) is 0 Å². The van der Waals surface area contributed by atoms with E-state index in [1.165, 1.54) is 18.4 Å². The quantitative estimate of drug-likeness (QED) is 0.450. The van der Waals surface area contributed by atoms with Gasteiger partial charge in [0.05, 0.1) is 12.2 Å². The van der Waals surface area contributed by atoms with E-state index in [2.05, 4.69) is 39.8 Å². The van der Waals surface area contributed by atoms with E-state index in [1.54, 1.807) is 0 Å². The van der Waals surface area contributed by atoms with Crippen LogP contribution >= 0.6 is 0 Å². The number of hydrogen-bond donors (Lipinski definition) is 1. The Hall–Kier alpha value is -0.860. The van der Waals surface area contributed by atoms with E-state index >= 15 is 0 Å². The maximum absolute atomic E-state index is 11.1. The van der Waals surface area contributed by atoms with Crippen molar-refractivity contribution in [3.63, 3.8) is 0 Å². The van der Waals surface area contributed by atoms with Crippen molar-refractivity contribution in [1.29, 1.82) is 0 Å². The van der Waals surface area contributed by atoms with Crippen LogP contribution in [-0.2, 0) is 11.3 Å². The fourth-order valence-electron chi connectivity index (χ4n) is 3.08. The van der Waals surface area contributed by atoms with Gasteiger partial charge in [-0.2, -0.15) is 0 Å². The molecule has 0 unspecified atom stereocenters. The van der Waals surface area contributed by atoms with Crippen LogP contribution in [0.2, 0.25) is 0 Å². The molecule has 0 aliphatic heterocycles. The first-order chi connectivity index (χ1) is 11.4. The standard InChI is InChI=1S/C22H38O2/c1-19(2)10-8-14-22(23,15-9-11-20(3)4)16-17-24-18-21-12-6-5-7-13-21/h5-7,12-13,19-20,23H,8-11,14-18H2,1-4H3. The average molecular weight is 335 g/mol.